The van der Waals surface area contributed by atoms with E-state index in [0.717, 1.165) is 73.8 Å². The first kappa shape index (κ1) is 22.5. The molecule has 1 fully saturated rings. The van der Waals surface area contributed by atoms with Crippen LogP contribution in [0.1, 0.15) is 46.9 Å². The van der Waals surface area contributed by atoms with Crippen molar-refractivity contribution in [2.24, 2.45) is 5.41 Å². The summed E-state index contributed by atoms with van der Waals surface area (Å²) in [5.74, 6) is 0.914. The van der Waals surface area contributed by atoms with Gasteiger partial charge in [-0.3, -0.25) is 9.88 Å². The number of aliphatic hydroxyl groups is 1. The van der Waals surface area contributed by atoms with E-state index in [1.807, 2.05) is 37.3 Å². The number of piperidine rings is 1. The fourth-order valence-electron chi connectivity index (χ4n) is 4.48. The Hall–Kier alpha value is -2.72. The number of H-pyrrole nitrogens is 1. The standard InChI is InChI=1S/C25H28ClN5O/c1-18-29-23(12-19-2-4-20(15-27)5-3-19)24(30-18)16-31-10-7-25(17-32,8-11-31)14-22-13-21(26)6-9-28-22/h2-6,9,13,32H,7-8,10-12,14,16-17H2,1H3,(H,29,30). The summed E-state index contributed by atoms with van der Waals surface area (Å²) >= 11 is 6.12. The van der Waals surface area contributed by atoms with Crippen LogP contribution in [0.2, 0.25) is 5.02 Å². The highest BCUT2D eigenvalue weighted by molar-refractivity contribution is 6.30. The second kappa shape index (κ2) is 9.83. The molecule has 0 aliphatic carbocycles. The predicted octanol–water partition coefficient (Wildman–Crippen LogP) is 4.05. The van der Waals surface area contributed by atoms with Crippen molar-refractivity contribution in [3.05, 3.63) is 81.7 Å². The van der Waals surface area contributed by atoms with Crippen LogP contribution in [0, 0.1) is 23.7 Å². The van der Waals surface area contributed by atoms with Crippen molar-refractivity contribution in [2.45, 2.75) is 39.2 Å². The second-order valence-corrected chi connectivity index (χ2v) is 9.25. The molecule has 1 aliphatic heterocycles. The maximum Gasteiger partial charge on any atom is 0.103 e. The maximum absolute atomic E-state index is 10.2. The Morgan fingerprint density at radius 3 is 2.62 bits per heavy atom. The molecule has 4 rings (SSSR count). The molecule has 166 valence electrons. The Morgan fingerprint density at radius 1 is 1.22 bits per heavy atom. The highest BCUT2D eigenvalue weighted by Crippen LogP contribution is 2.35. The van der Waals surface area contributed by atoms with Crippen LogP contribution in [0.4, 0.5) is 0 Å². The van der Waals surface area contributed by atoms with Gasteiger partial charge in [-0.1, -0.05) is 23.7 Å². The van der Waals surface area contributed by atoms with Gasteiger partial charge in [0.15, 0.2) is 0 Å². The van der Waals surface area contributed by atoms with Crippen molar-refractivity contribution < 1.29 is 5.11 Å². The molecule has 1 aromatic carbocycles. The smallest absolute Gasteiger partial charge is 0.103 e. The predicted molar refractivity (Wildman–Crippen MR) is 124 cm³/mol. The number of imidazole rings is 1. The molecule has 1 saturated heterocycles. The van der Waals surface area contributed by atoms with Gasteiger partial charge in [0.2, 0.25) is 0 Å². The van der Waals surface area contributed by atoms with Crippen LogP contribution < -0.4 is 0 Å². The molecule has 0 amide bonds. The number of nitriles is 1. The molecular formula is C25H28ClN5O. The van der Waals surface area contributed by atoms with Crippen molar-refractivity contribution in [1.29, 1.82) is 5.26 Å². The van der Waals surface area contributed by atoms with Crippen LogP contribution in [0.25, 0.3) is 0 Å². The third-order valence-electron chi connectivity index (χ3n) is 6.41. The largest absolute Gasteiger partial charge is 0.396 e. The number of pyridine rings is 1. The molecule has 0 bridgehead atoms. The zero-order valence-corrected chi connectivity index (χ0v) is 19.1. The van der Waals surface area contributed by atoms with E-state index in [-0.39, 0.29) is 12.0 Å². The molecule has 0 spiro atoms. The lowest BCUT2D eigenvalue weighted by Gasteiger charge is -2.40. The summed E-state index contributed by atoms with van der Waals surface area (Å²) in [4.78, 5) is 15.0. The average Bonchev–Trinajstić information content (AvgIpc) is 3.14. The zero-order chi connectivity index (χ0) is 22.6. The first-order valence-electron chi connectivity index (χ1n) is 11.0. The number of aryl methyl sites for hydroxylation is 1. The molecule has 2 aromatic heterocycles. The minimum atomic E-state index is -0.152. The molecule has 0 atom stereocenters. The summed E-state index contributed by atoms with van der Waals surface area (Å²) in [6, 6.07) is 13.5. The van der Waals surface area contributed by atoms with Gasteiger partial charge < -0.3 is 10.1 Å². The summed E-state index contributed by atoms with van der Waals surface area (Å²) in [5, 5.41) is 19.9. The Kier molecular flexibility index (Phi) is 6.90. The van der Waals surface area contributed by atoms with E-state index in [0.29, 0.717) is 10.6 Å². The number of hydrogen-bond donors (Lipinski definition) is 2. The summed E-state index contributed by atoms with van der Waals surface area (Å²) in [6.07, 6.45) is 5.05. The number of hydrogen-bond acceptors (Lipinski definition) is 5. The van der Waals surface area contributed by atoms with Crippen LogP contribution in [0.3, 0.4) is 0 Å². The Labute approximate surface area is 193 Å². The highest BCUT2D eigenvalue weighted by Gasteiger charge is 2.35. The average molecular weight is 450 g/mol. The Bertz CT molecular complexity index is 1090. The number of benzene rings is 1. The van der Waals surface area contributed by atoms with Crippen LogP contribution in [0.5, 0.6) is 0 Å². The number of aromatic amines is 1. The molecule has 0 saturated carbocycles. The Balaban J connectivity index is 1.40. The van der Waals surface area contributed by atoms with Crippen LogP contribution >= 0.6 is 11.6 Å². The van der Waals surface area contributed by atoms with E-state index >= 15 is 0 Å². The summed E-state index contributed by atoms with van der Waals surface area (Å²) in [5.41, 5.74) is 4.80. The molecule has 7 heteroatoms. The fourth-order valence-corrected chi connectivity index (χ4v) is 4.67. The van der Waals surface area contributed by atoms with E-state index in [2.05, 4.69) is 20.9 Å². The maximum atomic E-state index is 10.2. The first-order valence-corrected chi connectivity index (χ1v) is 11.3. The minimum Gasteiger partial charge on any atom is -0.396 e. The van der Waals surface area contributed by atoms with Crippen molar-refractivity contribution >= 4 is 11.6 Å². The number of aliphatic hydroxyl groups excluding tert-OH is 1. The van der Waals surface area contributed by atoms with Gasteiger partial charge >= 0.3 is 0 Å². The lowest BCUT2D eigenvalue weighted by molar-refractivity contribution is 0.0402. The molecule has 32 heavy (non-hydrogen) atoms. The van der Waals surface area contributed by atoms with Crippen molar-refractivity contribution in [1.82, 2.24) is 19.9 Å². The van der Waals surface area contributed by atoms with Crippen molar-refractivity contribution in [3.63, 3.8) is 0 Å². The van der Waals surface area contributed by atoms with Crippen LogP contribution in [-0.4, -0.2) is 44.7 Å². The molecule has 3 heterocycles. The van der Waals surface area contributed by atoms with Crippen LogP contribution in [-0.2, 0) is 19.4 Å². The van der Waals surface area contributed by atoms with E-state index in [9.17, 15) is 5.11 Å². The topological polar surface area (TPSA) is 88.8 Å². The van der Waals surface area contributed by atoms with Crippen LogP contribution in [0.15, 0.2) is 42.6 Å². The van der Waals surface area contributed by atoms with E-state index in [1.165, 1.54) is 0 Å². The van der Waals surface area contributed by atoms with Gasteiger partial charge in [-0.15, -0.1) is 0 Å². The molecule has 3 aromatic rings. The van der Waals surface area contributed by atoms with Gasteiger partial charge in [0.25, 0.3) is 0 Å². The SMILES string of the molecule is Cc1nc(CN2CCC(CO)(Cc3cc(Cl)ccn3)CC2)c(Cc2ccc(C#N)cc2)[nH]1. The molecule has 0 radical (unpaired) electrons. The van der Waals surface area contributed by atoms with Gasteiger partial charge in [-0.05, 0) is 69.1 Å². The van der Waals surface area contributed by atoms with E-state index in [4.69, 9.17) is 21.8 Å². The van der Waals surface area contributed by atoms with Gasteiger partial charge in [0.1, 0.15) is 5.82 Å². The fraction of sp³-hybridized carbons (Fsp3) is 0.400. The van der Waals surface area contributed by atoms with E-state index in [1.54, 1.807) is 12.3 Å². The molecule has 0 unspecified atom stereocenters. The minimum absolute atomic E-state index is 0.152. The third kappa shape index (κ3) is 5.36. The first-order chi connectivity index (χ1) is 15.5. The van der Waals surface area contributed by atoms with E-state index < -0.39 is 0 Å². The highest BCUT2D eigenvalue weighted by atomic mass is 35.5. The van der Waals surface area contributed by atoms with Gasteiger partial charge in [0, 0.05) is 47.6 Å². The second-order valence-electron chi connectivity index (χ2n) is 8.81. The molecule has 2 N–H and O–H groups in total. The quantitative estimate of drug-likeness (QED) is 0.568. The Morgan fingerprint density at radius 2 is 1.97 bits per heavy atom. The molecular weight excluding hydrogens is 422 g/mol. The number of rotatable bonds is 7. The lowest BCUT2D eigenvalue weighted by Crippen LogP contribution is -2.43. The molecule has 6 nitrogen and oxygen atoms in total. The van der Waals surface area contributed by atoms with Gasteiger partial charge in [0.05, 0.1) is 17.3 Å². The van der Waals surface area contributed by atoms with Gasteiger partial charge in [-0.2, -0.15) is 5.26 Å². The number of aromatic nitrogens is 3. The summed E-state index contributed by atoms with van der Waals surface area (Å²) < 4.78 is 0. The van der Waals surface area contributed by atoms with Gasteiger partial charge in [-0.25, -0.2) is 4.98 Å². The summed E-state index contributed by atoms with van der Waals surface area (Å²) in [7, 11) is 0. The zero-order valence-electron chi connectivity index (χ0n) is 18.3. The third-order valence-corrected chi connectivity index (χ3v) is 6.64. The molecule has 1 aliphatic rings. The van der Waals surface area contributed by atoms with Crippen molar-refractivity contribution in [2.75, 3.05) is 19.7 Å². The normalized spacial score (nSPS) is 16.1. The lowest BCUT2D eigenvalue weighted by atomic mass is 9.75. The number of likely N-dealkylation sites (tertiary alicyclic amines) is 1. The number of nitrogens with one attached hydrogen (secondary N) is 1. The van der Waals surface area contributed by atoms with Crippen molar-refractivity contribution in [3.8, 4) is 6.07 Å². The summed E-state index contributed by atoms with van der Waals surface area (Å²) in [6.45, 7) is 4.73. The number of halogens is 1. The number of nitrogens with zero attached hydrogens (tertiary/aromatic N) is 4. The monoisotopic (exact) mass is 449 g/mol.